The number of piperidine rings is 1. The smallest absolute Gasteiger partial charge is 0.274 e. The minimum Gasteiger partial charge on any atom is -0.376 e. The lowest BCUT2D eigenvalue weighted by Gasteiger charge is -2.46. The summed E-state index contributed by atoms with van der Waals surface area (Å²) in [5.74, 6) is -0.0493. The van der Waals surface area contributed by atoms with Crippen LogP contribution in [0.3, 0.4) is 0 Å². The van der Waals surface area contributed by atoms with Gasteiger partial charge in [0.25, 0.3) is 5.91 Å². The van der Waals surface area contributed by atoms with Gasteiger partial charge in [0.15, 0.2) is 0 Å². The molecule has 1 aromatic heterocycles. The summed E-state index contributed by atoms with van der Waals surface area (Å²) in [5, 5.41) is 0. The summed E-state index contributed by atoms with van der Waals surface area (Å²) in [5.41, 5.74) is 1.05. The highest BCUT2D eigenvalue weighted by Crippen LogP contribution is 2.36. The van der Waals surface area contributed by atoms with Crippen molar-refractivity contribution in [1.29, 1.82) is 0 Å². The van der Waals surface area contributed by atoms with Crippen molar-refractivity contribution in [1.82, 2.24) is 14.9 Å². The Morgan fingerprint density at radius 3 is 2.74 bits per heavy atom. The second-order valence-electron chi connectivity index (χ2n) is 7.77. The summed E-state index contributed by atoms with van der Waals surface area (Å²) < 4.78 is 17.7. The van der Waals surface area contributed by atoms with Crippen molar-refractivity contribution >= 4 is 5.91 Å². The SMILES string of the molecule is Cc1cnc(C(=O)N2CCC3(CC2)CC(OCCOC(C)C)CCO3)cn1. The first-order chi connectivity index (χ1) is 13.0. The maximum atomic E-state index is 12.6. The number of aromatic nitrogens is 2. The summed E-state index contributed by atoms with van der Waals surface area (Å²) in [6.07, 6.45) is 7.11. The standard InChI is InChI=1S/C20H31N3O4/c1-15(2)25-10-11-26-17-4-9-27-20(12-17)5-7-23(8-6-20)19(24)18-14-21-16(3)13-22-18/h13-15,17H,4-12H2,1-3H3. The minimum atomic E-state index is -0.169. The van der Waals surface area contributed by atoms with Gasteiger partial charge in [0.05, 0.1) is 42.9 Å². The van der Waals surface area contributed by atoms with E-state index >= 15 is 0 Å². The molecule has 0 bridgehead atoms. The van der Waals surface area contributed by atoms with Crippen molar-refractivity contribution in [3.05, 3.63) is 23.8 Å². The highest BCUT2D eigenvalue weighted by Gasteiger charge is 2.41. The molecule has 2 aliphatic heterocycles. The molecule has 7 heteroatoms. The monoisotopic (exact) mass is 377 g/mol. The zero-order valence-electron chi connectivity index (χ0n) is 16.6. The van der Waals surface area contributed by atoms with Gasteiger partial charge >= 0.3 is 0 Å². The molecule has 3 heterocycles. The maximum Gasteiger partial charge on any atom is 0.274 e. The van der Waals surface area contributed by atoms with E-state index in [1.54, 1.807) is 12.4 Å². The Bertz CT molecular complexity index is 612. The first-order valence-corrected chi connectivity index (χ1v) is 9.92. The summed E-state index contributed by atoms with van der Waals surface area (Å²) in [6.45, 7) is 9.24. The summed E-state index contributed by atoms with van der Waals surface area (Å²) in [6, 6.07) is 0. The number of likely N-dealkylation sites (tertiary alicyclic amines) is 1. The van der Waals surface area contributed by atoms with Gasteiger partial charge in [-0.1, -0.05) is 0 Å². The van der Waals surface area contributed by atoms with Crippen molar-refractivity contribution in [3.8, 4) is 0 Å². The van der Waals surface area contributed by atoms with E-state index in [2.05, 4.69) is 9.97 Å². The molecule has 1 aromatic rings. The Morgan fingerprint density at radius 2 is 2.07 bits per heavy atom. The molecule has 1 amide bonds. The molecule has 0 N–H and O–H groups in total. The van der Waals surface area contributed by atoms with Gasteiger partial charge in [0.2, 0.25) is 0 Å². The van der Waals surface area contributed by atoms with Gasteiger partial charge in [-0.25, -0.2) is 4.98 Å². The molecule has 0 aromatic carbocycles. The number of hydrogen-bond acceptors (Lipinski definition) is 6. The van der Waals surface area contributed by atoms with Gasteiger partial charge in [-0.05, 0) is 40.0 Å². The average molecular weight is 377 g/mol. The molecular formula is C20H31N3O4. The zero-order chi connectivity index (χ0) is 19.3. The maximum absolute atomic E-state index is 12.6. The van der Waals surface area contributed by atoms with Crippen molar-refractivity contribution in [2.45, 2.75) is 64.3 Å². The number of hydrogen-bond donors (Lipinski definition) is 0. The van der Waals surface area contributed by atoms with E-state index in [-0.39, 0.29) is 23.7 Å². The van der Waals surface area contributed by atoms with E-state index in [4.69, 9.17) is 14.2 Å². The van der Waals surface area contributed by atoms with Crippen molar-refractivity contribution < 1.29 is 19.0 Å². The van der Waals surface area contributed by atoms with Crippen molar-refractivity contribution in [2.75, 3.05) is 32.9 Å². The van der Waals surface area contributed by atoms with Gasteiger partial charge in [-0.15, -0.1) is 0 Å². The molecule has 7 nitrogen and oxygen atoms in total. The summed E-state index contributed by atoms with van der Waals surface area (Å²) >= 11 is 0. The van der Waals surface area contributed by atoms with Crippen LogP contribution in [-0.4, -0.2) is 71.5 Å². The van der Waals surface area contributed by atoms with Crippen LogP contribution in [0.25, 0.3) is 0 Å². The molecule has 3 rings (SSSR count). The van der Waals surface area contributed by atoms with E-state index in [0.29, 0.717) is 38.6 Å². The van der Waals surface area contributed by atoms with Crippen LogP contribution in [0.15, 0.2) is 12.4 Å². The van der Waals surface area contributed by atoms with E-state index in [1.807, 2.05) is 25.7 Å². The Balaban J connectivity index is 1.48. The third kappa shape index (κ3) is 5.46. The van der Waals surface area contributed by atoms with Gasteiger partial charge in [0, 0.05) is 32.3 Å². The lowest BCUT2D eigenvalue weighted by atomic mass is 9.83. The van der Waals surface area contributed by atoms with Crippen LogP contribution in [0.1, 0.15) is 55.7 Å². The Hall–Kier alpha value is -1.57. The van der Waals surface area contributed by atoms with Crippen LogP contribution in [-0.2, 0) is 14.2 Å². The normalized spacial score (nSPS) is 22.4. The third-order valence-corrected chi connectivity index (χ3v) is 5.30. The molecular weight excluding hydrogens is 346 g/mol. The van der Waals surface area contributed by atoms with E-state index < -0.39 is 0 Å². The molecule has 2 fully saturated rings. The Kier molecular flexibility index (Phi) is 6.78. The Labute approximate surface area is 161 Å². The van der Waals surface area contributed by atoms with Gasteiger partial charge in [-0.2, -0.15) is 0 Å². The number of rotatable bonds is 6. The fourth-order valence-electron chi connectivity index (χ4n) is 3.75. The number of carbonyl (C=O) groups excluding carboxylic acids is 1. The molecule has 2 saturated heterocycles. The Morgan fingerprint density at radius 1 is 1.30 bits per heavy atom. The second kappa shape index (κ2) is 9.08. The van der Waals surface area contributed by atoms with E-state index in [9.17, 15) is 4.79 Å². The quantitative estimate of drug-likeness (QED) is 0.709. The first kappa shape index (κ1) is 20.2. The zero-order valence-corrected chi connectivity index (χ0v) is 16.6. The van der Waals surface area contributed by atoms with Crippen molar-refractivity contribution in [2.24, 2.45) is 0 Å². The van der Waals surface area contributed by atoms with Gasteiger partial charge < -0.3 is 19.1 Å². The van der Waals surface area contributed by atoms with Crippen LogP contribution in [0.2, 0.25) is 0 Å². The van der Waals surface area contributed by atoms with E-state index in [1.165, 1.54) is 0 Å². The number of aryl methyl sites for hydroxylation is 1. The molecule has 2 aliphatic rings. The number of ether oxygens (including phenoxy) is 3. The molecule has 1 atom stereocenters. The highest BCUT2D eigenvalue weighted by atomic mass is 16.5. The predicted octanol–water partition coefficient (Wildman–Crippen LogP) is 2.38. The van der Waals surface area contributed by atoms with E-state index in [0.717, 1.165) is 31.4 Å². The number of amides is 1. The molecule has 0 aliphatic carbocycles. The molecule has 27 heavy (non-hydrogen) atoms. The van der Waals surface area contributed by atoms with Crippen LogP contribution < -0.4 is 0 Å². The second-order valence-corrected chi connectivity index (χ2v) is 7.77. The van der Waals surface area contributed by atoms with Gasteiger partial charge in [0.1, 0.15) is 5.69 Å². The number of carbonyl (C=O) groups is 1. The molecule has 0 radical (unpaired) electrons. The largest absolute Gasteiger partial charge is 0.376 e. The topological polar surface area (TPSA) is 73.8 Å². The molecule has 150 valence electrons. The lowest BCUT2D eigenvalue weighted by molar-refractivity contribution is -0.156. The van der Waals surface area contributed by atoms with Crippen LogP contribution >= 0.6 is 0 Å². The van der Waals surface area contributed by atoms with Crippen LogP contribution in [0.5, 0.6) is 0 Å². The van der Waals surface area contributed by atoms with Crippen molar-refractivity contribution in [3.63, 3.8) is 0 Å². The fraction of sp³-hybridized carbons (Fsp3) is 0.750. The highest BCUT2D eigenvalue weighted by molar-refractivity contribution is 5.92. The summed E-state index contributed by atoms with van der Waals surface area (Å²) in [7, 11) is 0. The molecule has 1 unspecified atom stereocenters. The number of nitrogens with zero attached hydrogens (tertiary/aromatic N) is 3. The lowest BCUT2D eigenvalue weighted by Crippen LogP contribution is -2.52. The van der Waals surface area contributed by atoms with Crippen LogP contribution in [0, 0.1) is 6.92 Å². The molecule has 0 saturated carbocycles. The predicted molar refractivity (Wildman–Crippen MR) is 101 cm³/mol. The van der Waals surface area contributed by atoms with Crippen LogP contribution in [0.4, 0.5) is 0 Å². The first-order valence-electron chi connectivity index (χ1n) is 9.92. The fourth-order valence-corrected chi connectivity index (χ4v) is 3.75. The summed E-state index contributed by atoms with van der Waals surface area (Å²) in [4.78, 5) is 22.9. The average Bonchev–Trinajstić information content (AvgIpc) is 2.66. The third-order valence-electron chi connectivity index (χ3n) is 5.30. The minimum absolute atomic E-state index is 0.0493. The van der Waals surface area contributed by atoms with Gasteiger partial charge in [-0.3, -0.25) is 9.78 Å². The molecule has 1 spiro atoms.